The van der Waals surface area contributed by atoms with Crippen LogP contribution in [0, 0.1) is 11.6 Å². The third kappa shape index (κ3) is 2.26. The highest BCUT2D eigenvalue weighted by Gasteiger charge is 2.17. The van der Waals surface area contributed by atoms with Crippen molar-refractivity contribution in [1.29, 1.82) is 0 Å². The summed E-state index contributed by atoms with van der Waals surface area (Å²) in [6, 6.07) is 9.12. The lowest BCUT2D eigenvalue weighted by molar-refractivity contribution is 0.243. The van der Waals surface area contributed by atoms with Crippen LogP contribution in [0.1, 0.15) is 24.1 Å². The van der Waals surface area contributed by atoms with Crippen LogP contribution in [0.4, 0.5) is 14.5 Å². The summed E-state index contributed by atoms with van der Waals surface area (Å²) in [5.74, 6) is -0.0185. The second-order valence-corrected chi connectivity index (χ2v) is 4.65. The molecule has 1 atom stereocenters. The largest absolute Gasteiger partial charge is 0.488 e. The second-order valence-electron chi connectivity index (χ2n) is 4.65. The van der Waals surface area contributed by atoms with E-state index in [0.29, 0.717) is 6.61 Å². The van der Waals surface area contributed by atoms with Gasteiger partial charge in [0.25, 0.3) is 0 Å². The average molecular weight is 261 g/mol. The van der Waals surface area contributed by atoms with Crippen LogP contribution >= 0.6 is 0 Å². The van der Waals surface area contributed by atoms with Gasteiger partial charge in [0.1, 0.15) is 24.0 Å². The van der Waals surface area contributed by atoms with Crippen LogP contribution in [-0.2, 0) is 6.61 Å². The van der Waals surface area contributed by atoms with Gasteiger partial charge in [-0.1, -0.05) is 6.07 Å². The van der Waals surface area contributed by atoms with Gasteiger partial charge in [-0.25, -0.2) is 8.78 Å². The summed E-state index contributed by atoms with van der Waals surface area (Å²) in [6.07, 6.45) is 0. The molecule has 1 N–H and O–H groups in total. The molecule has 0 fully saturated rings. The third-order valence-electron chi connectivity index (χ3n) is 3.27. The van der Waals surface area contributed by atoms with E-state index in [2.05, 4.69) is 5.32 Å². The molecule has 0 bridgehead atoms. The third-order valence-corrected chi connectivity index (χ3v) is 3.27. The van der Waals surface area contributed by atoms with Crippen LogP contribution in [0.3, 0.4) is 0 Å². The first-order chi connectivity index (χ1) is 9.13. The van der Waals surface area contributed by atoms with Gasteiger partial charge in [-0.05, 0) is 42.8 Å². The van der Waals surface area contributed by atoms with Crippen LogP contribution in [-0.4, -0.2) is 0 Å². The lowest BCUT2D eigenvalue weighted by Crippen LogP contribution is -2.13. The molecule has 19 heavy (non-hydrogen) atoms. The number of benzene rings is 2. The Labute approximate surface area is 110 Å². The van der Waals surface area contributed by atoms with Crippen molar-refractivity contribution in [3.63, 3.8) is 0 Å². The molecule has 4 heteroatoms. The van der Waals surface area contributed by atoms with Crippen molar-refractivity contribution in [1.82, 2.24) is 0 Å². The van der Waals surface area contributed by atoms with Gasteiger partial charge in [-0.2, -0.15) is 0 Å². The van der Waals surface area contributed by atoms with Crippen molar-refractivity contribution in [2.24, 2.45) is 0 Å². The zero-order valence-corrected chi connectivity index (χ0v) is 10.4. The normalized spacial score (nSPS) is 14.1. The van der Waals surface area contributed by atoms with Crippen LogP contribution in [0.2, 0.25) is 0 Å². The Hall–Kier alpha value is -2.10. The average Bonchev–Trinajstić information content (AvgIpc) is 2.35. The first-order valence-corrected chi connectivity index (χ1v) is 6.11. The van der Waals surface area contributed by atoms with E-state index in [1.165, 1.54) is 0 Å². The van der Waals surface area contributed by atoms with E-state index in [1.807, 2.05) is 25.1 Å². The Morgan fingerprint density at radius 2 is 2.00 bits per heavy atom. The van der Waals surface area contributed by atoms with Crippen molar-refractivity contribution < 1.29 is 13.5 Å². The van der Waals surface area contributed by atoms with Crippen molar-refractivity contribution in [3.8, 4) is 5.75 Å². The summed E-state index contributed by atoms with van der Waals surface area (Å²) in [5, 5.41) is 2.98. The summed E-state index contributed by atoms with van der Waals surface area (Å²) in [6.45, 7) is 2.52. The first-order valence-electron chi connectivity index (χ1n) is 6.11. The molecular weight excluding hydrogens is 248 g/mol. The maximum atomic E-state index is 13.6. The molecule has 1 aliphatic heterocycles. The minimum absolute atomic E-state index is 0.109. The molecule has 1 heterocycles. The summed E-state index contributed by atoms with van der Waals surface area (Å²) >= 11 is 0. The number of nitrogens with one attached hydrogen (secondary N) is 1. The highest BCUT2D eigenvalue weighted by atomic mass is 19.1. The number of rotatable bonds is 3. The standard InChI is InChI=1S/C15H13F2NO/c1-9(10-2-5-15-11(6-10)8-19-15)18-14-7-12(16)3-4-13(14)17/h2-7,9,18H,8H2,1H3. The number of fused-ring (bicyclic) bond motifs is 1. The quantitative estimate of drug-likeness (QED) is 0.900. The fourth-order valence-corrected chi connectivity index (χ4v) is 2.12. The van der Waals surface area contributed by atoms with E-state index in [9.17, 15) is 8.78 Å². The van der Waals surface area contributed by atoms with Crippen LogP contribution in [0.5, 0.6) is 5.75 Å². The highest BCUT2D eigenvalue weighted by Crippen LogP contribution is 2.32. The van der Waals surface area contributed by atoms with Gasteiger partial charge in [0.05, 0.1) is 5.69 Å². The predicted molar refractivity (Wildman–Crippen MR) is 69.2 cm³/mol. The fourth-order valence-electron chi connectivity index (χ4n) is 2.12. The zero-order valence-electron chi connectivity index (χ0n) is 10.4. The van der Waals surface area contributed by atoms with Gasteiger partial charge in [-0.15, -0.1) is 0 Å². The summed E-state index contributed by atoms with van der Waals surface area (Å²) in [4.78, 5) is 0. The minimum Gasteiger partial charge on any atom is -0.488 e. The SMILES string of the molecule is CC(Nc1cc(F)ccc1F)c1ccc2c(c1)CO2. The minimum atomic E-state index is -0.458. The van der Waals surface area contributed by atoms with Gasteiger partial charge in [-0.3, -0.25) is 0 Å². The van der Waals surface area contributed by atoms with Crippen molar-refractivity contribution >= 4 is 5.69 Å². The molecule has 2 aromatic carbocycles. The lowest BCUT2D eigenvalue weighted by atomic mass is 10.0. The molecule has 1 unspecified atom stereocenters. The summed E-state index contributed by atoms with van der Waals surface area (Å²) in [7, 11) is 0. The lowest BCUT2D eigenvalue weighted by Gasteiger charge is -2.23. The topological polar surface area (TPSA) is 21.3 Å². The molecule has 0 aliphatic carbocycles. The Morgan fingerprint density at radius 3 is 2.68 bits per heavy atom. The van der Waals surface area contributed by atoms with Gasteiger partial charge < -0.3 is 10.1 Å². The Morgan fingerprint density at radius 1 is 1.16 bits per heavy atom. The van der Waals surface area contributed by atoms with E-state index < -0.39 is 11.6 Å². The van der Waals surface area contributed by atoms with E-state index in [-0.39, 0.29) is 11.7 Å². The molecule has 98 valence electrons. The van der Waals surface area contributed by atoms with Crippen LogP contribution < -0.4 is 10.1 Å². The molecule has 0 saturated carbocycles. The highest BCUT2D eigenvalue weighted by molar-refractivity contribution is 5.49. The zero-order chi connectivity index (χ0) is 13.4. The van der Waals surface area contributed by atoms with E-state index in [0.717, 1.165) is 35.1 Å². The molecule has 2 nitrogen and oxygen atoms in total. The maximum absolute atomic E-state index is 13.6. The van der Waals surface area contributed by atoms with Crippen LogP contribution in [0.15, 0.2) is 36.4 Å². The van der Waals surface area contributed by atoms with E-state index in [4.69, 9.17) is 4.74 Å². The number of halogens is 2. The summed E-state index contributed by atoms with van der Waals surface area (Å²) in [5.41, 5.74) is 2.34. The van der Waals surface area contributed by atoms with Gasteiger partial charge in [0.15, 0.2) is 0 Å². The van der Waals surface area contributed by atoms with Crippen molar-refractivity contribution in [3.05, 3.63) is 59.2 Å². The number of hydrogen-bond donors (Lipinski definition) is 1. The summed E-state index contributed by atoms with van der Waals surface area (Å²) < 4.78 is 31.9. The molecule has 2 aromatic rings. The van der Waals surface area contributed by atoms with Crippen molar-refractivity contribution in [2.45, 2.75) is 19.6 Å². The van der Waals surface area contributed by atoms with E-state index >= 15 is 0 Å². The molecule has 0 saturated heterocycles. The maximum Gasteiger partial charge on any atom is 0.146 e. The first kappa shape index (κ1) is 12.0. The van der Waals surface area contributed by atoms with Crippen molar-refractivity contribution in [2.75, 3.05) is 5.32 Å². The molecule has 0 spiro atoms. The molecule has 3 rings (SSSR count). The van der Waals surface area contributed by atoms with E-state index in [1.54, 1.807) is 0 Å². The molecule has 1 aliphatic rings. The number of anilines is 1. The number of ether oxygens (including phenoxy) is 1. The van der Waals surface area contributed by atoms with Gasteiger partial charge in [0, 0.05) is 11.6 Å². The van der Waals surface area contributed by atoms with Gasteiger partial charge in [0.2, 0.25) is 0 Å². The Kier molecular flexibility index (Phi) is 2.85. The predicted octanol–water partition coefficient (Wildman–Crippen LogP) is 4.03. The molecule has 0 radical (unpaired) electrons. The second kappa shape index (κ2) is 4.53. The molecule has 0 amide bonds. The van der Waals surface area contributed by atoms with Crippen LogP contribution in [0.25, 0.3) is 0 Å². The Bertz CT molecular complexity index is 628. The fraction of sp³-hybridized carbons (Fsp3) is 0.200. The molecule has 0 aromatic heterocycles. The Balaban J connectivity index is 1.82. The number of hydrogen-bond acceptors (Lipinski definition) is 2. The smallest absolute Gasteiger partial charge is 0.146 e. The monoisotopic (exact) mass is 261 g/mol. The molecular formula is C15H13F2NO. The van der Waals surface area contributed by atoms with Gasteiger partial charge >= 0.3 is 0 Å².